The Morgan fingerprint density at radius 2 is 1.69 bits per heavy atom. The zero-order chi connectivity index (χ0) is 22.1. The fourth-order valence-electron chi connectivity index (χ4n) is 3.87. The van der Waals surface area contributed by atoms with Crippen LogP contribution in [0.15, 0.2) is 85.3 Å². The van der Waals surface area contributed by atoms with E-state index in [1.54, 1.807) is 45.9 Å². The largest absolute Gasteiger partial charge is 0.321 e. The second-order valence-electron chi connectivity index (χ2n) is 7.49. The summed E-state index contributed by atoms with van der Waals surface area (Å²) in [6.45, 7) is 0.657. The molecule has 0 spiro atoms. The molecule has 7 heteroatoms. The van der Waals surface area contributed by atoms with Crippen molar-refractivity contribution in [3.63, 3.8) is 0 Å². The summed E-state index contributed by atoms with van der Waals surface area (Å²) in [5.74, 6) is -0.784. The van der Waals surface area contributed by atoms with Crippen molar-refractivity contribution in [2.75, 3.05) is 16.8 Å². The minimum atomic E-state index is -0.362. The number of carbonyl (C=O) groups is 2. The quantitative estimate of drug-likeness (QED) is 0.524. The lowest BCUT2D eigenvalue weighted by atomic mass is 10.1. The second kappa shape index (κ2) is 8.11. The van der Waals surface area contributed by atoms with Crippen molar-refractivity contribution in [3.8, 4) is 5.69 Å². The molecule has 158 valence electrons. The van der Waals surface area contributed by atoms with Crippen LogP contribution < -0.4 is 10.2 Å². The van der Waals surface area contributed by atoms with Crippen LogP contribution in [-0.4, -0.2) is 27.9 Å². The van der Waals surface area contributed by atoms with E-state index in [4.69, 9.17) is 0 Å². The number of benzene rings is 3. The molecule has 1 aromatic heterocycles. The molecule has 3 aromatic carbocycles. The van der Waals surface area contributed by atoms with Gasteiger partial charge in [-0.15, -0.1) is 0 Å². The van der Waals surface area contributed by atoms with Crippen molar-refractivity contribution in [3.05, 3.63) is 108 Å². The van der Waals surface area contributed by atoms with Crippen molar-refractivity contribution in [2.24, 2.45) is 0 Å². The van der Waals surface area contributed by atoms with Gasteiger partial charge < -0.3 is 10.2 Å². The molecule has 2 amide bonds. The average Bonchev–Trinajstić information content (AvgIpc) is 3.47. The first-order chi connectivity index (χ1) is 15.6. The summed E-state index contributed by atoms with van der Waals surface area (Å²) >= 11 is 0. The standard InChI is InChI=1S/C25H19FN4O2/c26-19-7-11-21(12-8-19)30-16-27-15-23(30)24(31)28-20-9-5-18(6-10-20)25(32)29-14-13-17-3-1-2-4-22(17)29/h1-12,15-16H,13-14H2,(H,28,31). The van der Waals surface area contributed by atoms with Gasteiger partial charge in [0.25, 0.3) is 11.8 Å². The molecular formula is C25H19FN4O2. The van der Waals surface area contributed by atoms with Gasteiger partial charge in [0.1, 0.15) is 11.5 Å². The Balaban J connectivity index is 1.31. The number of fused-ring (bicyclic) bond motifs is 1. The van der Waals surface area contributed by atoms with E-state index in [2.05, 4.69) is 10.3 Å². The van der Waals surface area contributed by atoms with Crippen molar-refractivity contribution in [1.82, 2.24) is 9.55 Å². The van der Waals surface area contributed by atoms with Crippen LogP contribution in [0, 0.1) is 5.82 Å². The van der Waals surface area contributed by atoms with E-state index in [0.29, 0.717) is 29.2 Å². The molecule has 32 heavy (non-hydrogen) atoms. The van der Waals surface area contributed by atoms with Crippen LogP contribution in [0.3, 0.4) is 0 Å². The second-order valence-corrected chi connectivity index (χ2v) is 7.49. The number of imidazole rings is 1. The Hall–Kier alpha value is -4.26. The predicted octanol–water partition coefficient (Wildman–Crippen LogP) is 4.47. The van der Waals surface area contributed by atoms with Crippen LogP contribution in [0.4, 0.5) is 15.8 Å². The molecular weight excluding hydrogens is 407 g/mol. The molecule has 0 bridgehead atoms. The third-order valence-electron chi connectivity index (χ3n) is 5.50. The van der Waals surface area contributed by atoms with Crippen LogP contribution in [0.5, 0.6) is 0 Å². The molecule has 0 unspecified atom stereocenters. The van der Waals surface area contributed by atoms with Crippen molar-refractivity contribution in [1.29, 1.82) is 0 Å². The van der Waals surface area contributed by atoms with E-state index < -0.39 is 0 Å². The zero-order valence-corrected chi connectivity index (χ0v) is 17.0. The summed E-state index contributed by atoms with van der Waals surface area (Å²) in [6, 6.07) is 20.5. The molecule has 4 aromatic rings. The molecule has 1 aliphatic rings. The van der Waals surface area contributed by atoms with E-state index >= 15 is 0 Å². The molecule has 6 nitrogen and oxygen atoms in total. The highest BCUT2D eigenvalue weighted by Gasteiger charge is 2.25. The number of rotatable bonds is 4. The zero-order valence-electron chi connectivity index (χ0n) is 17.0. The molecule has 1 N–H and O–H groups in total. The van der Waals surface area contributed by atoms with E-state index in [9.17, 15) is 14.0 Å². The number of hydrogen-bond acceptors (Lipinski definition) is 3. The maximum atomic E-state index is 13.2. The van der Waals surface area contributed by atoms with E-state index in [-0.39, 0.29) is 17.6 Å². The molecule has 0 saturated carbocycles. The van der Waals surface area contributed by atoms with E-state index in [0.717, 1.165) is 12.1 Å². The van der Waals surface area contributed by atoms with E-state index in [1.807, 2.05) is 24.3 Å². The molecule has 0 saturated heterocycles. The Morgan fingerprint density at radius 1 is 0.938 bits per heavy atom. The Morgan fingerprint density at radius 3 is 2.47 bits per heavy atom. The number of halogens is 1. The summed E-state index contributed by atoms with van der Waals surface area (Å²) < 4.78 is 14.8. The van der Waals surface area contributed by atoms with Gasteiger partial charge >= 0.3 is 0 Å². The third kappa shape index (κ3) is 3.65. The van der Waals surface area contributed by atoms with Gasteiger partial charge in [0.2, 0.25) is 0 Å². The highest BCUT2D eigenvalue weighted by molar-refractivity contribution is 6.08. The van der Waals surface area contributed by atoms with Gasteiger partial charge in [-0.3, -0.25) is 14.2 Å². The number of nitrogens with zero attached hydrogens (tertiary/aromatic N) is 3. The van der Waals surface area contributed by atoms with Crippen molar-refractivity contribution >= 4 is 23.2 Å². The number of anilines is 2. The molecule has 2 heterocycles. The fraction of sp³-hybridized carbons (Fsp3) is 0.0800. The lowest BCUT2D eigenvalue weighted by molar-refractivity contribution is 0.0988. The van der Waals surface area contributed by atoms with Gasteiger partial charge in [-0.2, -0.15) is 0 Å². The number of amides is 2. The maximum absolute atomic E-state index is 13.2. The van der Waals surface area contributed by atoms with Gasteiger partial charge in [-0.05, 0) is 66.6 Å². The lowest BCUT2D eigenvalue weighted by Gasteiger charge is -2.17. The van der Waals surface area contributed by atoms with Crippen LogP contribution in [0.25, 0.3) is 5.69 Å². The molecule has 5 rings (SSSR count). The van der Waals surface area contributed by atoms with Crippen LogP contribution >= 0.6 is 0 Å². The highest BCUT2D eigenvalue weighted by atomic mass is 19.1. The molecule has 0 atom stereocenters. The summed E-state index contributed by atoms with van der Waals surface area (Å²) in [5, 5.41) is 2.82. The van der Waals surface area contributed by atoms with E-state index in [1.165, 1.54) is 30.2 Å². The molecule has 0 aliphatic carbocycles. The predicted molar refractivity (Wildman–Crippen MR) is 120 cm³/mol. The number of hydrogen-bond donors (Lipinski definition) is 1. The Kier molecular flexibility index (Phi) is 4.99. The first-order valence-electron chi connectivity index (χ1n) is 10.2. The minimum Gasteiger partial charge on any atom is -0.321 e. The molecule has 1 aliphatic heterocycles. The maximum Gasteiger partial charge on any atom is 0.274 e. The van der Waals surface area contributed by atoms with Gasteiger partial charge in [-0.25, -0.2) is 9.37 Å². The number of nitrogens with one attached hydrogen (secondary N) is 1. The number of carbonyl (C=O) groups excluding carboxylic acids is 2. The van der Waals surface area contributed by atoms with Gasteiger partial charge in [-0.1, -0.05) is 18.2 Å². The Labute approximate surface area is 183 Å². The first-order valence-corrected chi connectivity index (χ1v) is 10.2. The minimum absolute atomic E-state index is 0.0674. The SMILES string of the molecule is O=C(Nc1ccc(C(=O)N2CCc3ccccc32)cc1)c1cncn1-c1ccc(F)cc1. The van der Waals surface area contributed by atoms with Crippen molar-refractivity contribution in [2.45, 2.75) is 6.42 Å². The first kappa shape index (κ1) is 19.7. The monoisotopic (exact) mass is 426 g/mol. The molecule has 0 radical (unpaired) electrons. The smallest absolute Gasteiger partial charge is 0.274 e. The number of para-hydroxylation sites is 1. The van der Waals surface area contributed by atoms with Gasteiger partial charge in [0.05, 0.1) is 12.5 Å². The normalized spacial score (nSPS) is 12.5. The molecule has 0 fully saturated rings. The lowest BCUT2D eigenvalue weighted by Crippen LogP contribution is -2.28. The number of aromatic nitrogens is 2. The van der Waals surface area contributed by atoms with Crippen LogP contribution in [0.2, 0.25) is 0 Å². The van der Waals surface area contributed by atoms with Crippen LogP contribution in [0.1, 0.15) is 26.4 Å². The van der Waals surface area contributed by atoms with Gasteiger partial charge in [0.15, 0.2) is 0 Å². The summed E-state index contributed by atoms with van der Waals surface area (Å²) in [7, 11) is 0. The summed E-state index contributed by atoms with van der Waals surface area (Å²) in [6.07, 6.45) is 3.79. The average molecular weight is 426 g/mol. The highest BCUT2D eigenvalue weighted by Crippen LogP contribution is 2.29. The summed E-state index contributed by atoms with van der Waals surface area (Å²) in [5.41, 5.74) is 4.16. The third-order valence-corrected chi connectivity index (χ3v) is 5.50. The Bertz CT molecular complexity index is 1300. The summed E-state index contributed by atoms with van der Waals surface area (Å²) in [4.78, 5) is 31.6. The topological polar surface area (TPSA) is 67.2 Å². The van der Waals surface area contributed by atoms with Crippen LogP contribution in [-0.2, 0) is 6.42 Å². The van der Waals surface area contributed by atoms with Gasteiger partial charge in [0, 0.05) is 29.2 Å². The fourth-order valence-corrected chi connectivity index (χ4v) is 3.87. The van der Waals surface area contributed by atoms with Crippen molar-refractivity contribution < 1.29 is 14.0 Å².